The number of aliphatic imine (C=N–C) groups is 1. The number of para-hydroxylation sites is 1. The average Bonchev–Trinajstić information content (AvgIpc) is 2.74. The van der Waals surface area contributed by atoms with Crippen LogP contribution in [0.2, 0.25) is 0 Å². The van der Waals surface area contributed by atoms with Gasteiger partial charge in [0, 0.05) is 31.6 Å². The van der Waals surface area contributed by atoms with Crippen LogP contribution in [0.5, 0.6) is 0 Å². The molecule has 0 bridgehead atoms. The molecule has 0 aliphatic carbocycles. The molecule has 3 rings (SSSR count). The molecule has 0 fully saturated rings. The number of guanidine groups is 1. The smallest absolute Gasteiger partial charge is 0.246 e. The van der Waals surface area contributed by atoms with Gasteiger partial charge < -0.3 is 15.5 Å². The number of fused-ring (bicyclic) bond motifs is 1. The van der Waals surface area contributed by atoms with Gasteiger partial charge in [-0.25, -0.2) is 4.39 Å². The molecule has 30 heavy (non-hydrogen) atoms. The van der Waals surface area contributed by atoms with Crippen LogP contribution in [0, 0.1) is 5.82 Å². The van der Waals surface area contributed by atoms with Crippen LogP contribution >= 0.6 is 35.7 Å². The highest BCUT2D eigenvalue weighted by Crippen LogP contribution is 2.26. The van der Waals surface area contributed by atoms with Crippen molar-refractivity contribution < 1.29 is 9.18 Å². The molecule has 0 unspecified atom stereocenters. The Labute approximate surface area is 198 Å². The standard InChI is InChI=1S/C22H27FN4OS.HI/c1-24-22(25-13-17-9-10-19(23)12-18(17)15-29-2)26-14-21(28)27-11-5-7-16-6-3-4-8-20(16)27;/h3-4,6,8-10,12H,5,7,11,13-15H2,1-2H3,(H2,24,25,26);1H. The van der Waals surface area contributed by atoms with Crippen LogP contribution in [-0.2, 0) is 23.5 Å². The number of benzene rings is 2. The maximum absolute atomic E-state index is 13.5. The minimum Gasteiger partial charge on any atom is -0.352 e. The Hall–Kier alpha value is -1.81. The first-order chi connectivity index (χ1) is 14.1. The molecule has 1 amide bonds. The minimum atomic E-state index is -0.229. The second-order valence-corrected chi connectivity index (χ2v) is 7.77. The summed E-state index contributed by atoms with van der Waals surface area (Å²) in [4.78, 5) is 18.8. The average molecular weight is 542 g/mol. The van der Waals surface area contributed by atoms with Crippen molar-refractivity contribution in [1.29, 1.82) is 0 Å². The van der Waals surface area contributed by atoms with Gasteiger partial charge in [0.1, 0.15) is 5.82 Å². The molecule has 0 spiro atoms. The Kier molecular flexibility index (Phi) is 9.90. The third-order valence-electron chi connectivity index (χ3n) is 4.96. The van der Waals surface area contributed by atoms with Crippen LogP contribution in [-0.4, -0.2) is 38.3 Å². The van der Waals surface area contributed by atoms with E-state index in [9.17, 15) is 9.18 Å². The third-order valence-corrected chi connectivity index (χ3v) is 5.56. The molecule has 0 saturated heterocycles. The van der Waals surface area contributed by atoms with E-state index < -0.39 is 0 Å². The number of nitrogens with zero attached hydrogens (tertiary/aromatic N) is 2. The molecule has 0 saturated carbocycles. The van der Waals surface area contributed by atoms with Crippen LogP contribution in [0.1, 0.15) is 23.1 Å². The second-order valence-electron chi connectivity index (χ2n) is 6.90. The number of carbonyl (C=O) groups excluding carboxylic acids is 1. The number of hydrogen-bond acceptors (Lipinski definition) is 3. The predicted octanol–water partition coefficient (Wildman–Crippen LogP) is 3.95. The summed E-state index contributed by atoms with van der Waals surface area (Å²) in [5.74, 6) is 1.08. The van der Waals surface area contributed by atoms with Crippen LogP contribution in [0.15, 0.2) is 47.5 Å². The van der Waals surface area contributed by atoms with Gasteiger partial charge in [-0.1, -0.05) is 24.3 Å². The van der Waals surface area contributed by atoms with Crippen LogP contribution in [0.4, 0.5) is 10.1 Å². The van der Waals surface area contributed by atoms with Crippen molar-refractivity contribution in [3.05, 3.63) is 65.0 Å². The Balaban J connectivity index is 0.00000320. The number of amides is 1. The zero-order chi connectivity index (χ0) is 20.6. The zero-order valence-electron chi connectivity index (χ0n) is 17.3. The number of rotatable bonds is 6. The molecule has 162 valence electrons. The lowest BCUT2D eigenvalue weighted by Crippen LogP contribution is -2.46. The summed E-state index contributed by atoms with van der Waals surface area (Å²) < 4.78 is 13.5. The van der Waals surface area contributed by atoms with E-state index in [-0.39, 0.29) is 42.2 Å². The van der Waals surface area contributed by atoms with Crippen molar-refractivity contribution in [2.45, 2.75) is 25.1 Å². The van der Waals surface area contributed by atoms with E-state index in [4.69, 9.17) is 0 Å². The van der Waals surface area contributed by atoms with Gasteiger partial charge in [0.25, 0.3) is 0 Å². The lowest BCUT2D eigenvalue weighted by atomic mass is 10.0. The number of carbonyl (C=O) groups is 1. The van der Waals surface area contributed by atoms with Gasteiger partial charge >= 0.3 is 0 Å². The summed E-state index contributed by atoms with van der Waals surface area (Å²) in [5, 5.41) is 6.32. The molecule has 5 nitrogen and oxygen atoms in total. The fourth-order valence-corrected chi connectivity index (χ4v) is 4.08. The normalized spacial score (nSPS) is 13.3. The van der Waals surface area contributed by atoms with E-state index in [2.05, 4.69) is 21.7 Å². The van der Waals surface area contributed by atoms with Gasteiger partial charge in [0.15, 0.2) is 5.96 Å². The number of aryl methyl sites for hydroxylation is 1. The quantitative estimate of drug-likeness (QED) is 0.330. The summed E-state index contributed by atoms with van der Waals surface area (Å²) in [5.41, 5.74) is 4.19. The van der Waals surface area contributed by atoms with Gasteiger partial charge in [-0.15, -0.1) is 24.0 Å². The molecule has 0 radical (unpaired) electrons. The van der Waals surface area contributed by atoms with E-state index >= 15 is 0 Å². The SMILES string of the molecule is CN=C(NCC(=O)N1CCCc2ccccc21)NCc1ccc(F)cc1CSC.I. The second kappa shape index (κ2) is 12.1. The monoisotopic (exact) mass is 542 g/mol. The summed E-state index contributed by atoms with van der Waals surface area (Å²) in [6.45, 7) is 1.41. The van der Waals surface area contributed by atoms with Crippen molar-refractivity contribution in [1.82, 2.24) is 10.6 Å². The first-order valence-electron chi connectivity index (χ1n) is 9.71. The van der Waals surface area contributed by atoms with Gasteiger partial charge in [-0.2, -0.15) is 11.8 Å². The topological polar surface area (TPSA) is 56.7 Å². The Morgan fingerprint density at radius 2 is 2.00 bits per heavy atom. The Morgan fingerprint density at radius 1 is 1.20 bits per heavy atom. The summed E-state index contributed by atoms with van der Waals surface area (Å²) in [6.07, 6.45) is 3.97. The summed E-state index contributed by atoms with van der Waals surface area (Å²) >= 11 is 1.65. The molecular weight excluding hydrogens is 514 g/mol. The van der Waals surface area contributed by atoms with Crippen molar-refractivity contribution in [2.75, 3.05) is 31.3 Å². The fraction of sp³-hybridized carbons (Fsp3) is 0.364. The maximum atomic E-state index is 13.5. The maximum Gasteiger partial charge on any atom is 0.246 e. The molecule has 0 aromatic heterocycles. The fourth-order valence-electron chi connectivity index (χ4n) is 3.50. The highest BCUT2D eigenvalue weighted by Gasteiger charge is 2.22. The first kappa shape index (κ1) is 24.5. The van der Waals surface area contributed by atoms with E-state index in [0.717, 1.165) is 42.0 Å². The van der Waals surface area contributed by atoms with E-state index in [0.29, 0.717) is 12.5 Å². The minimum absolute atomic E-state index is 0. The van der Waals surface area contributed by atoms with Gasteiger partial charge in [0.2, 0.25) is 5.91 Å². The van der Waals surface area contributed by atoms with Crippen LogP contribution < -0.4 is 15.5 Å². The van der Waals surface area contributed by atoms with Gasteiger partial charge in [-0.05, 0) is 54.0 Å². The highest BCUT2D eigenvalue weighted by molar-refractivity contribution is 14.0. The largest absolute Gasteiger partial charge is 0.352 e. The van der Waals surface area contributed by atoms with Crippen molar-refractivity contribution >= 4 is 53.3 Å². The molecule has 0 atom stereocenters. The third kappa shape index (κ3) is 6.34. The Bertz CT molecular complexity index is 893. The van der Waals surface area contributed by atoms with E-state index in [1.54, 1.807) is 30.9 Å². The zero-order valence-corrected chi connectivity index (χ0v) is 20.4. The molecule has 2 N–H and O–H groups in total. The number of nitrogens with one attached hydrogen (secondary N) is 2. The van der Waals surface area contributed by atoms with Crippen molar-refractivity contribution in [3.8, 4) is 0 Å². The van der Waals surface area contributed by atoms with Crippen LogP contribution in [0.25, 0.3) is 0 Å². The molecule has 1 aliphatic rings. The van der Waals surface area contributed by atoms with Gasteiger partial charge in [-0.3, -0.25) is 9.79 Å². The van der Waals surface area contributed by atoms with E-state index in [1.165, 1.54) is 11.6 Å². The number of thioether (sulfide) groups is 1. The lowest BCUT2D eigenvalue weighted by molar-refractivity contribution is -0.117. The number of anilines is 1. The first-order valence-corrected chi connectivity index (χ1v) is 11.1. The highest BCUT2D eigenvalue weighted by atomic mass is 127. The number of hydrogen-bond donors (Lipinski definition) is 2. The van der Waals surface area contributed by atoms with E-state index in [1.807, 2.05) is 29.4 Å². The summed E-state index contributed by atoms with van der Waals surface area (Å²) in [7, 11) is 1.67. The van der Waals surface area contributed by atoms with Crippen molar-refractivity contribution in [3.63, 3.8) is 0 Å². The molecule has 2 aromatic carbocycles. The Morgan fingerprint density at radius 3 is 2.77 bits per heavy atom. The molecule has 1 aliphatic heterocycles. The number of halogens is 2. The van der Waals surface area contributed by atoms with Gasteiger partial charge in [0.05, 0.1) is 6.54 Å². The molecular formula is C22H28FIN4OS. The van der Waals surface area contributed by atoms with Crippen LogP contribution in [0.3, 0.4) is 0 Å². The predicted molar refractivity (Wildman–Crippen MR) is 134 cm³/mol. The summed E-state index contributed by atoms with van der Waals surface area (Å²) in [6, 6.07) is 12.9. The van der Waals surface area contributed by atoms with Crippen molar-refractivity contribution in [2.24, 2.45) is 4.99 Å². The lowest BCUT2D eigenvalue weighted by Gasteiger charge is -2.29. The molecule has 1 heterocycles. The molecule has 8 heteroatoms. The molecule has 2 aromatic rings.